The van der Waals surface area contributed by atoms with Gasteiger partial charge in [0.1, 0.15) is 0 Å². The maximum atomic E-state index is 9.58. The smallest absolute Gasteiger partial charge is 0.381 e. The Labute approximate surface area is 50.5 Å². The van der Waals surface area contributed by atoms with Crippen LogP contribution in [0.15, 0.2) is 0 Å². The topological polar surface area (TPSA) is 94.2 Å². The first-order valence-corrected chi connectivity index (χ1v) is 2.13. The molecule has 5 nitrogen and oxygen atoms in total. The molecule has 5 heteroatoms. The number of aliphatic hydroxyl groups excluding tert-OH is 1. The summed E-state index contributed by atoms with van der Waals surface area (Å²) in [7, 11) is 0. The van der Waals surface area contributed by atoms with E-state index >= 15 is 0 Å². The van der Waals surface area contributed by atoms with Crippen molar-refractivity contribution in [2.75, 3.05) is 0 Å². The molecule has 0 aliphatic carbocycles. The standard InChI is InChI=1S/C4H4O5/c5-2(4(8)9)1-3(6)7/h2,5H,1H2. The van der Waals surface area contributed by atoms with Crippen LogP contribution in [-0.2, 0) is 19.8 Å². The van der Waals surface area contributed by atoms with Crippen LogP contribution in [0.2, 0.25) is 0 Å². The van der Waals surface area contributed by atoms with E-state index in [1.807, 2.05) is 0 Å². The highest BCUT2D eigenvalue weighted by atomic mass is 16.4. The number of carbonyl (C=O) groups is 2. The summed E-state index contributed by atoms with van der Waals surface area (Å²) < 4.78 is 0. The lowest BCUT2D eigenvalue weighted by atomic mass is 10.3. The van der Waals surface area contributed by atoms with Crippen LogP contribution in [0.1, 0.15) is 6.42 Å². The van der Waals surface area contributed by atoms with E-state index in [1.54, 1.807) is 0 Å². The molecule has 0 fully saturated rings. The lowest BCUT2D eigenvalue weighted by molar-refractivity contribution is -0.159. The zero-order valence-corrected chi connectivity index (χ0v) is 4.36. The lowest BCUT2D eigenvalue weighted by Gasteiger charge is -1.94. The summed E-state index contributed by atoms with van der Waals surface area (Å²) in [6.45, 7) is 0. The second kappa shape index (κ2) is 3.03. The van der Waals surface area contributed by atoms with Crippen LogP contribution in [0.5, 0.6) is 0 Å². The van der Waals surface area contributed by atoms with E-state index in [0.717, 1.165) is 0 Å². The molecule has 1 unspecified atom stereocenters. The van der Waals surface area contributed by atoms with Gasteiger partial charge in [-0.3, -0.25) is 0 Å². The van der Waals surface area contributed by atoms with Gasteiger partial charge in [-0.05, 0) is 0 Å². The highest BCUT2D eigenvalue weighted by Crippen LogP contribution is 1.90. The summed E-state index contributed by atoms with van der Waals surface area (Å²) in [5.41, 5.74) is 0. The van der Waals surface area contributed by atoms with Gasteiger partial charge in [0.25, 0.3) is 0 Å². The average molecular weight is 132 g/mol. The molecule has 0 saturated carbocycles. The van der Waals surface area contributed by atoms with Gasteiger partial charge in [0.2, 0.25) is 0 Å². The monoisotopic (exact) mass is 132 g/mol. The molecule has 0 bridgehead atoms. The molecule has 1 atom stereocenters. The molecule has 1 N–H and O–H groups in total. The Morgan fingerprint density at radius 2 is 1.78 bits per heavy atom. The molecule has 0 spiro atoms. The maximum Gasteiger partial charge on any atom is 0.384 e. The van der Waals surface area contributed by atoms with Crippen LogP contribution in [0.4, 0.5) is 0 Å². The van der Waals surface area contributed by atoms with Crippen molar-refractivity contribution in [1.82, 2.24) is 0 Å². The molecule has 0 aromatic carbocycles. The SMILES string of the molecule is [O]C(=O)CC(O)C([O])=O. The third-order valence-corrected chi connectivity index (χ3v) is 0.632. The third-order valence-electron chi connectivity index (χ3n) is 0.632. The van der Waals surface area contributed by atoms with Crippen LogP contribution < -0.4 is 0 Å². The van der Waals surface area contributed by atoms with E-state index in [0.29, 0.717) is 0 Å². The molecule has 9 heavy (non-hydrogen) atoms. The highest BCUT2D eigenvalue weighted by Gasteiger charge is 2.19. The molecule has 0 saturated heterocycles. The van der Waals surface area contributed by atoms with E-state index in [9.17, 15) is 19.8 Å². The zero-order chi connectivity index (χ0) is 7.44. The summed E-state index contributed by atoms with van der Waals surface area (Å²) >= 11 is 0. The molecule has 50 valence electrons. The summed E-state index contributed by atoms with van der Waals surface area (Å²) in [5, 5.41) is 27.3. The van der Waals surface area contributed by atoms with E-state index < -0.39 is 24.5 Å². The number of hydrogen-bond acceptors (Lipinski definition) is 3. The fourth-order valence-corrected chi connectivity index (χ4v) is 0.241. The number of hydrogen-bond donors (Lipinski definition) is 1. The van der Waals surface area contributed by atoms with Crippen molar-refractivity contribution in [2.24, 2.45) is 0 Å². The van der Waals surface area contributed by atoms with E-state index in [1.165, 1.54) is 0 Å². The van der Waals surface area contributed by atoms with Crippen LogP contribution >= 0.6 is 0 Å². The third kappa shape index (κ3) is 3.48. The Morgan fingerprint density at radius 1 is 1.33 bits per heavy atom. The van der Waals surface area contributed by atoms with Gasteiger partial charge in [0.15, 0.2) is 6.10 Å². The Balaban J connectivity index is 3.63. The Kier molecular flexibility index (Phi) is 2.66. The molecule has 0 rings (SSSR count). The molecule has 2 radical (unpaired) electrons. The Hall–Kier alpha value is -1.10. The minimum absolute atomic E-state index is 0.928. The molecule has 0 aromatic rings. The summed E-state index contributed by atoms with van der Waals surface area (Å²) in [5.74, 6) is -3.43. The molecule has 0 heterocycles. The van der Waals surface area contributed by atoms with Crippen LogP contribution in [0.3, 0.4) is 0 Å². The maximum absolute atomic E-state index is 9.58. The van der Waals surface area contributed by atoms with Gasteiger partial charge in [-0.1, -0.05) is 0 Å². The Morgan fingerprint density at radius 3 is 1.89 bits per heavy atom. The number of rotatable bonds is 3. The van der Waals surface area contributed by atoms with Crippen LogP contribution in [0, 0.1) is 0 Å². The van der Waals surface area contributed by atoms with Crippen molar-refractivity contribution in [3.63, 3.8) is 0 Å². The average Bonchev–Trinajstić information content (AvgIpc) is 1.63. The van der Waals surface area contributed by atoms with Crippen LogP contribution in [0.25, 0.3) is 0 Å². The van der Waals surface area contributed by atoms with Gasteiger partial charge in [-0.15, -0.1) is 0 Å². The van der Waals surface area contributed by atoms with Crippen molar-refractivity contribution in [2.45, 2.75) is 12.5 Å². The first-order valence-electron chi connectivity index (χ1n) is 2.13. The first-order chi connectivity index (χ1) is 4.04. The van der Waals surface area contributed by atoms with Gasteiger partial charge < -0.3 is 5.11 Å². The van der Waals surface area contributed by atoms with Crippen LogP contribution in [-0.4, -0.2) is 23.1 Å². The predicted octanol–water partition coefficient (Wildman–Crippen LogP) is -1.35. The minimum atomic E-state index is -1.96. The van der Waals surface area contributed by atoms with E-state index in [-0.39, 0.29) is 0 Å². The van der Waals surface area contributed by atoms with Gasteiger partial charge in [-0.25, -0.2) is 19.8 Å². The molecular formula is C4H4O5. The Bertz CT molecular complexity index is 129. The fraction of sp³-hybridized carbons (Fsp3) is 0.500. The van der Waals surface area contributed by atoms with Crippen molar-refractivity contribution in [3.8, 4) is 0 Å². The second-order valence-corrected chi connectivity index (χ2v) is 1.41. The number of aliphatic hydroxyl groups is 1. The predicted molar refractivity (Wildman–Crippen MR) is 22.0 cm³/mol. The fourth-order valence-electron chi connectivity index (χ4n) is 0.241. The summed E-state index contributed by atoms with van der Waals surface area (Å²) in [4.78, 5) is 19.1. The van der Waals surface area contributed by atoms with E-state index in [2.05, 4.69) is 0 Å². The van der Waals surface area contributed by atoms with Gasteiger partial charge in [-0.2, -0.15) is 0 Å². The molecular weight excluding hydrogens is 128 g/mol. The number of carbonyl (C=O) groups excluding carboxylic acids is 2. The minimum Gasteiger partial charge on any atom is -0.381 e. The second-order valence-electron chi connectivity index (χ2n) is 1.41. The van der Waals surface area contributed by atoms with Crippen molar-refractivity contribution < 1.29 is 24.9 Å². The summed E-state index contributed by atoms with van der Waals surface area (Å²) in [6, 6.07) is 0. The van der Waals surface area contributed by atoms with Crippen molar-refractivity contribution in [1.29, 1.82) is 0 Å². The summed E-state index contributed by atoms with van der Waals surface area (Å²) in [6.07, 6.45) is -2.89. The molecule has 0 aromatic heterocycles. The highest BCUT2D eigenvalue weighted by molar-refractivity contribution is 5.78. The van der Waals surface area contributed by atoms with Gasteiger partial charge in [0.05, 0.1) is 6.42 Å². The van der Waals surface area contributed by atoms with E-state index in [4.69, 9.17) is 5.11 Å². The van der Waals surface area contributed by atoms with Gasteiger partial charge in [0, 0.05) is 0 Å². The first kappa shape index (κ1) is 7.90. The largest absolute Gasteiger partial charge is 0.384 e. The zero-order valence-electron chi connectivity index (χ0n) is 4.36. The molecule has 0 aliphatic rings. The van der Waals surface area contributed by atoms with Crippen molar-refractivity contribution >= 4 is 11.9 Å². The lowest BCUT2D eigenvalue weighted by Crippen LogP contribution is -2.21. The van der Waals surface area contributed by atoms with Gasteiger partial charge >= 0.3 is 11.9 Å². The van der Waals surface area contributed by atoms with Crippen molar-refractivity contribution in [3.05, 3.63) is 0 Å². The molecule has 0 aliphatic heterocycles. The molecule has 0 amide bonds. The quantitative estimate of drug-likeness (QED) is 0.514. The normalized spacial score (nSPS) is 12.6.